The highest BCUT2D eigenvalue weighted by Gasteiger charge is 2.20. The lowest BCUT2D eigenvalue weighted by Crippen LogP contribution is -2.31. The van der Waals surface area contributed by atoms with Crippen LogP contribution in [0.1, 0.15) is 16.8 Å². The molecule has 0 bridgehead atoms. The van der Waals surface area contributed by atoms with E-state index in [9.17, 15) is 9.18 Å². The summed E-state index contributed by atoms with van der Waals surface area (Å²) in [4.78, 5) is 16.8. The minimum absolute atomic E-state index is 0.108. The number of methoxy groups -OCH3 is 1. The highest BCUT2D eigenvalue weighted by molar-refractivity contribution is 5.93. The fraction of sp³-hybridized carbons (Fsp3) is 0.385. The van der Waals surface area contributed by atoms with Crippen LogP contribution < -0.4 is 4.90 Å². The third kappa shape index (κ3) is 3.08. The van der Waals surface area contributed by atoms with Crippen molar-refractivity contribution in [1.82, 2.24) is 4.98 Å². The van der Waals surface area contributed by atoms with Crippen LogP contribution in [0.2, 0.25) is 0 Å². The van der Waals surface area contributed by atoms with Gasteiger partial charge in [-0.25, -0.2) is 14.2 Å². The number of ether oxygens (including phenoxy) is 1. The minimum Gasteiger partial charge on any atom is -0.478 e. The largest absolute Gasteiger partial charge is 0.478 e. The van der Waals surface area contributed by atoms with Crippen molar-refractivity contribution in [1.29, 1.82) is 0 Å². The highest BCUT2D eigenvalue weighted by atomic mass is 19.1. The lowest BCUT2D eigenvalue weighted by molar-refractivity contribution is 0.0696. The van der Waals surface area contributed by atoms with Crippen LogP contribution in [0, 0.1) is 5.82 Å². The molecule has 1 aliphatic heterocycles. The molecule has 102 valence electrons. The number of aromatic nitrogens is 1. The Kier molecular flexibility index (Phi) is 4.11. The predicted octanol–water partition coefficient (Wildman–Crippen LogP) is 1.70. The van der Waals surface area contributed by atoms with Gasteiger partial charge >= 0.3 is 5.97 Å². The van der Waals surface area contributed by atoms with E-state index in [2.05, 4.69) is 4.98 Å². The molecule has 6 heteroatoms. The van der Waals surface area contributed by atoms with Gasteiger partial charge in [0.05, 0.1) is 12.8 Å². The van der Waals surface area contributed by atoms with Crippen LogP contribution in [0.5, 0.6) is 0 Å². The Labute approximate surface area is 110 Å². The number of rotatable bonds is 4. The molecular formula is C13H15FN2O3. The van der Waals surface area contributed by atoms with Crippen LogP contribution in [0.4, 0.5) is 10.2 Å². The Bertz CT molecular complexity index is 517. The minimum atomic E-state index is -1.17. The zero-order valence-electron chi connectivity index (χ0n) is 10.6. The van der Waals surface area contributed by atoms with Crippen LogP contribution in [0.25, 0.3) is 0 Å². The number of aromatic carboxylic acids is 1. The average molecular weight is 266 g/mol. The second kappa shape index (κ2) is 5.79. The first-order chi connectivity index (χ1) is 9.11. The molecule has 0 spiro atoms. The molecule has 0 radical (unpaired) electrons. The molecule has 1 aliphatic rings. The van der Waals surface area contributed by atoms with E-state index >= 15 is 0 Å². The molecule has 1 aromatic heterocycles. The molecule has 0 atom stereocenters. The number of carboxylic acids is 1. The Morgan fingerprint density at radius 1 is 1.63 bits per heavy atom. The van der Waals surface area contributed by atoms with Gasteiger partial charge in [0, 0.05) is 20.2 Å². The summed E-state index contributed by atoms with van der Waals surface area (Å²) in [6.07, 6.45) is 3.81. The van der Waals surface area contributed by atoms with Crippen LogP contribution in [0.15, 0.2) is 23.9 Å². The number of pyridine rings is 1. The molecule has 0 saturated carbocycles. The summed E-state index contributed by atoms with van der Waals surface area (Å²) in [6, 6.07) is 0.999. The summed E-state index contributed by atoms with van der Waals surface area (Å²) in [5, 5.41) is 9.09. The predicted molar refractivity (Wildman–Crippen MR) is 67.9 cm³/mol. The molecule has 0 aromatic carbocycles. The number of hydrogen-bond acceptors (Lipinski definition) is 4. The summed E-state index contributed by atoms with van der Waals surface area (Å²) in [7, 11) is 1.64. The van der Waals surface area contributed by atoms with Gasteiger partial charge in [-0.2, -0.15) is 0 Å². The van der Waals surface area contributed by atoms with E-state index in [0.29, 0.717) is 25.5 Å². The molecule has 1 N–H and O–H groups in total. The van der Waals surface area contributed by atoms with E-state index < -0.39 is 11.8 Å². The van der Waals surface area contributed by atoms with Crippen LogP contribution in [-0.2, 0) is 4.74 Å². The van der Waals surface area contributed by atoms with Crippen LogP contribution in [-0.4, -0.2) is 42.9 Å². The summed E-state index contributed by atoms with van der Waals surface area (Å²) >= 11 is 0. The maximum Gasteiger partial charge on any atom is 0.339 e. The maximum absolute atomic E-state index is 13.1. The third-order valence-corrected chi connectivity index (χ3v) is 3.00. The third-order valence-electron chi connectivity index (χ3n) is 3.00. The topological polar surface area (TPSA) is 62.7 Å². The smallest absolute Gasteiger partial charge is 0.339 e. The molecule has 0 fully saturated rings. The first kappa shape index (κ1) is 13.5. The van der Waals surface area contributed by atoms with Crippen molar-refractivity contribution in [2.45, 2.75) is 6.42 Å². The Morgan fingerprint density at radius 3 is 3.00 bits per heavy atom. The zero-order chi connectivity index (χ0) is 13.8. The molecule has 0 amide bonds. The van der Waals surface area contributed by atoms with Crippen molar-refractivity contribution in [2.75, 3.05) is 31.7 Å². The Balaban J connectivity index is 2.22. The van der Waals surface area contributed by atoms with Crippen LogP contribution in [0.3, 0.4) is 0 Å². The second-order valence-corrected chi connectivity index (χ2v) is 4.32. The second-order valence-electron chi connectivity index (χ2n) is 4.32. The van der Waals surface area contributed by atoms with Gasteiger partial charge in [0.15, 0.2) is 0 Å². The number of nitrogens with zero attached hydrogens (tertiary/aromatic N) is 2. The SMILES string of the molecule is COCC1=CCN(c2ncc(F)cc2C(=O)O)CC1. The van der Waals surface area contributed by atoms with E-state index in [1.54, 1.807) is 7.11 Å². The number of halogens is 1. The molecule has 1 aromatic rings. The number of anilines is 1. The quantitative estimate of drug-likeness (QED) is 0.840. The van der Waals surface area contributed by atoms with Crippen molar-refractivity contribution >= 4 is 11.8 Å². The van der Waals surface area contributed by atoms with Crippen molar-refractivity contribution < 1.29 is 19.0 Å². The molecular weight excluding hydrogens is 251 g/mol. The van der Waals surface area contributed by atoms with Gasteiger partial charge in [-0.05, 0) is 18.1 Å². The normalized spacial score (nSPS) is 15.3. The van der Waals surface area contributed by atoms with Gasteiger partial charge in [0.1, 0.15) is 17.2 Å². The lowest BCUT2D eigenvalue weighted by Gasteiger charge is -2.28. The monoisotopic (exact) mass is 266 g/mol. The molecule has 5 nitrogen and oxygen atoms in total. The molecule has 0 aliphatic carbocycles. The number of carboxylic acid groups (broad SMARTS) is 1. The Hall–Kier alpha value is -1.95. The maximum atomic E-state index is 13.1. The van der Waals surface area contributed by atoms with Crippen molar-refractivity contribution in [3.63, 3.8) is 0 Å². The number of hydrogen-bond donors (Lipinski definition) is 1. The first-order valence-electron chi connectivity index (χ1n) is 5.92. The van der Waals surface area contributed by atoms with E-state index in [1.807, 2.05) is 11.0 Å². The average Bonchev–Trinajstić information content (AvgIpc) is 2.40. The van der Waals surface area contributed by atoms with Gasteiger partial charge in [-0.1, -0.05) is 6.08 Å². The highest BCUT2D eigenvalue weighted by Crippen LogP contribution is 2.22. The van der Waals surface area contributed by atoms with Gasteiger partial charge in [-0.3, -0.25) is 0 Å². The van der Waals surface area contributed by atoms with Crippen molar-refractivity contribution in [2.24, 2.45) is 0 Å². The summed E-state index contributed by atoms with van der Waals surface area (Å²) < 4.78 is 18.1. The molecule has 0 unspecified atom stereocenters. The Morgan fingerprint density at radius 2 is 2.42 bits per heavy atom. The fourth-order valence-electron chi connectivity index (χ4n) is 2.06. The van der Waals surface area contributed by atoms with Crippen LogP contribution >= 0.6 is 0 Å². The fourth-order valence-corrected chi connectivity index (χ4v) is 2.06. The van der Waals surface area contributed by atoms with E-state index in [-0.39, 0.29) is 5.56 Å². The summed E-state index contributed by atoms with van der Waals surface area (Å²) in [5.74, 6) is -1.51. The van der Waals surface area contributed by atoms with Crippen molar-refractivity contribution in [3.05, 3.63) is 35.3 Å². The lowest BCUT2D eigenvalue weighted by atomic mass is 10.1. The van der Waals surface area contributed by atoms with Gasteiger partial charge in [0.25, 0.3) is 0 Å². The van der Waals surface area contributed by atoms with Gasteiger partial charge in [0.2, 0.25) is 0 Å². The van der Waals surface area contributed by atoms with E-state index in [4.69, 9.17) is 9.84 Å². The van der Waals surface area contributed by atoms with E-state index in [0.717, 1.165) is 18.7 Å². The summed E-state index contributed by atoms with van der Waals surface area (Å²) in [5.41, 5.74) is 1.07. The molecule has 0 saturated heterocycles. The summed E-state index contributed by atoms with van der Waals surface area (Å²) in [6.45, 7) is 1.78. The zero-order valence-corrected chi connectivity index (χ0v) is 10.6. The van der Waals surface area contributed by atoms with Gasteiger partial charge in [-0.15, -0.1) is 0 Å². The molecule has 19 heavy (non-hydrogen) atoms. The standard InChI is InChI=1S/C13H15FN2O3/c1-19-8-9-2-4-16(5-3-9)12-11(13(17)18)6-10(14)7-15-12/h2,6-7H,3-5,8H2,1H3,(H,17,18). The van der Waals surface area contributed by atoms with Gasteiger partial charge < -0.3 is 14.7 Å². The molecule has 2 heterocycles. The molecule has 2 rings (SSSR count). The van der Waals surface area contributed by atoms with E-state index in [1.165, 1.54) is 5.57 Å². The van der Waals surface area contributed by atoms with Crippen molar-refractivity contribution in [3.8, 4) is 0 Å². The first-order valence-corrected chi connectivity index (χ1v) is 5.92. The number of carbonyl (C=O) groups is 1.